The highest BCUT2D eigenvalue weighted by molar-refractivity contribution is 5.91. The highest BCUT2D eigenvalue weighted by Gasteiger charge is 2.34. The molecule has 7 rings (SSSR count). The average molecular weight is 541 g/mol. The van der Waals surface area contributed by atoms with E-state index in [1.165, 1.54) is 10.9 Å². The summed E-state index contributed by atoms with van der Waals surface area (Å²) in [7, 11) is 0. The van der Waals surface area contributed by atoms with Crippen molar-refractivity contribution in [3.8, 4) is 11.3 Å². The maximum atomic E-state index is 15.1. The van der Waals surface area contributed by atoms with Gasteiger partial charge in [0.2, 0.25) is 0 Å². The zero-order valence-corrected chi connectivity index (χ0v) is 20.7. The Kier molecular flexibility index (Phi) is 5.58. The van der Waals surface area contributed by atoms with Crippen LogP contribution in [0.1, 0.15) is 79.6 Å². The topological polar surface area (TPSA) is 87.7 Å². The molecule has 202 valence electrons. The normalized spacial score (nSPS) is 21.9. The molecule has 3 aromatic heterocycles. The van der Waals surface area contributed by atoms with Gasteiger partial charge in [0.05, 0.1) is 47.2 Å². The molecule has 3 fully saturated rings. The van der Waals surface area contributed by atoms with Gasteiger partial charge in [-0.1, -0.05) is 0 Å². The summed E-state index contributed by atoms with van der Waals surface area (Å²) < 4.78 is 64.1. The molecule has 0 radical (unpaired) electrons. The van der Waals surface area contributed by atoms with Crippen molar-refractivity contribution in [3.63, 3.8) is 0 Å². The number of benzene rings is 1. The van der Waals surface area contributed by atoms with Gasteiger partial charge in [0.1, 0.15) is 17.2 Å². The fourth-order valence-electron chi connectivity index (χ4n) is 5.22. The number of halogens is 4. The minimum absolute atomic E-state index is 0.0120. The van der Waals surface area contributed by atoms with E-state index in [4.69, 9.17) is 4.74 Å². The molecule has 1 aliphatic heterocycles. The molecule has 12 heteroatoms. The highest BCUT2D eigenvalue weighted by atomic mass is 19.4. The van der Waals surface area contributed by atoms with E-state index in [0.717, 1.165) is 43.4 Å². The summed E-state index contributed by atoms with van der Waals surface area (Å²) in [6, 6.07) is 2.73. The molecule has 4 heterocycles. The van der Waals surface area contributed by atoms with E-state index in [0.29, 0.717) is 37.4 Å². The lowest BCUT2D eigenvalue weighted by atomic mass is 9.92. The van der Waals surface area contributed by atoms with E-state index in [1.807, 2.05) is 10.9 Å². The first-order valence-corrected chi connectivity index (χ1v) is 13.1. The minimum Gasteiger partial charge on any atom is -0.373 e. The van der Waals surface area contributed by atoms with Crippen LogP contribution in [0.3, 0.4) is 0 Å². The molecule has 0 bridgehead atoms. The third kappa shape index (κ3) is 4.50. The summed E-state index contributed by atoms with van der Waals surface area (Å²) in [5.41, 5.74) is -0.575. The van der Waals surface area contributed by atoms with Crippen LogP contribution in [0.5, 0.6) is 0 Å². The molecule has 1 saturated heterocycles. The lowest BCUT2D eigenvalue weighted by molar-refractivity contribution is -0.137. The third-order valence-electron chi connectivity index (χ3n) is 7.69. The summed E-state index contributed by atoms with van der Waals surface area (Å²) in [5, 5.41) is 8.91. The van der Waals surface area contributed by atoms with Crippen LogP contribution in [0.15, 0.2) is 41.6 Å². The van der Waals surface area contributed by atoms with Gasteiger partial charge in [0.25, 0.3) is 5.56 Å². The zero-order valence-electron chi connectivity index (χ0n) is 20.7. The van der Waals surface area contributed by atoms with E-state index < -0.39 is 23.1 Å². The molecule has 3 aliphatic rings. The van der Waals surface area contributed by atoms with E-state index in [2.05, 4.69) is 20.2 Å². The number of aromatic nitrogens is 6. The average Bonchev–Trinajstić information content (AvgIpc) is 3.87. The molecule has 2 aliphatic carbocycles. The first-order valence-electron chi connectivity index (χ1n) is 13.1. The standard InChI is InChI=1S/C27H24F4N6O2/c28-21-10-16(27(29,30)31)1-6-19(21)23-20-12-33-37(18-4-5-18)26(38)24(20)35-25(34-23)14-7-8-39-22(9-14)15-11-32-36(13-15)17-2-3-17/h1,6,10-14,17-18,22H,2-5,7-9H2/t14-,22+/m0/s1. The van der Waals surface area contributed by atoms with Crippen molar-refractivity contribution >= 4 is 10.9 Å². The van der Waals surface area contributed by atoms with E-state index in [-0.39, 0.29) is 40.2 Å². The van der Waals surface area contributed by atoms with Crippen molar-refractivity contribution in [1.29, 1.82) is 0 Å². The zero-order chi connectivity index (χ0) is 26.9. The van der Waals surface area contributed by atoms with E-state index in [9.17, 15) is 18.0 Å². The maximum absolute atomic E-state index is 15.1. The van der Waals surface area contributed by atoms with Crippen molar-refractivity contribution < 1.29 is 22.3 Å². The van der Waals surface area contributed by atoms with Crippen LogP contribution >= 0.6 is 0 Å². The number of fused-ring (bicyclic) bond motifs is 1. The van der Waals surface area contributed by atoms with Gasteiger partial charge in [-0.05, 0) is 56.7 Å². The highest BCUT2D eigenvalue weighted by Crippen LogP contribution is 2.41. The van der Waals surface area contributed by atoms with Gasteiger partial charge in [-0.15, -0.1) is 0 Å². The Morgan fingerprint density at radius 3 is 2.49 bits per heavy atom. The Hall–Kier alpha value is -3.67. The summed E-state index contributed by atoms with van der Waals surface area (Å²) in [6.07, 6.45) is 5.24. The lowest BCUT2D eigenvalue weighted by Crippen LogP contribution is -2.25. The Morgan fingerprint density at radius 1 is 0.974 bits per heavy atom. The summed E-state index contributed by atoms with van der Waals surface area (Å²) in [5.74, 6) is -0.958. The van der Waals surface area contributed by atoms with Crippen LogP contribution in [0.25, 0.3) is 22.2 Å². The smallest absolute Gasteiger partial charge is 0.373 e. The predicted octanol–water partition coefficient (Wildman–Crippen LogP) is 5.51. The largest absolute Gasteiger partial charge is 0.416 e. The molecule has 2 atom stereocenters. The molecular weight excluding hydrogens is 516 g/mol. The van der Waals surface area contributed by atoms with E-state index >= 15 is 4.39 Å². The molecule has 39 heavy (non-hydrogen) atoms. The molecule has 8 nitrogen and oxygen atoms in total. The van der Waals surface area contributed by atoms with Crippen LogP contribution in [0, 0.1) is 5.82 Å². The number of ether oxygens (including phenoxy) is 1. The second kappa shape index (κ2) is 8.94. The third-order valence-corrected chi connectivity index (χ3v) is 7.69. The molecule has 0 unspecified atom stereocenters. The molecule has 0 N–H and O–H groups in total. The molecular formula is C27H24F4N6O2. The van der Waals surface area contributed by atoms with Crippen LogP contribution < -0.4 is 5.56 Å². The van der Waals surface area contributed by atoms with Crippen LogP contribution in [-0.4, -0.2) is 36.1 Å². The van der Waals surface area contributed by atoms with Crippen LogP contribution in [0.4, 0.5) is 17.6 Å². The summed E-state index contributed by atoms with van der Waals surface area (Å²) in [6.45, 7) is 0.429. The number of hydrogen-bond acceptors (Lipinski definition) is 6. The molecule has 2 saturated carbocycles. The van der Waals surface area contributed by atoms with Gasteiger partial charge in [-0.25, -0.2) is 19.0 Å². The van der Waals surface area contributed by atoms with Crippen molar-refractivity contribution in [2.75, 3.05) is 6.61 Å². The van der Waals surface area contributed by atoms with E-state index in [1.54, 1.807) is 6.20 Å². The fraction of sp³-hybridized carbons (Fsp3) is 0.444. The Bertz CT molecular complexity index is 1640. The fourth-order valence-corrected chi connectivity index (χ4v) is 5.22. The van der Waals surface area contributed by atoms with Gasteiger partial charge >= 0.3 is 6.18 Å². The number of hydrogen-bond donors (Lipinski definition) is 0. The molecule has 0 spiro atoms. The summed E-state index contributed by atoms with van der Waals surface area (Å²) in [4.78, 5) is 22.7. The van der Waals surface area contributed by atoms with Crippen LogP contribution in [-0.2, 0) is 10.9 Å². The van der Waals surface area contributed by atoms with Crippen molar-refractivity contribution in [2.45, 2.75) is 68.8 Å². The molecule has 1 aromatic carbocycles. The second-order valence-electron chi connectivity index (χ2n) is 10.6. The maximum Gasteiger partial charge on any atom is 0.416 e. The van der Waals surface area contributed by atoms with Crippen molar-refractivity contribution in [2.24, 2.45) is 0 Å². The Balaban J connectivity index is 1.32. The first kappa shape index (κ1) is 24.4. The lowest BCUT2D eigenvalue weighted by Gasteiger charge is -2.28. The van der Waals surface area contributed by atoms with Crippen LogP contribution in [0.2, 0.25) is 0 Å². The SMILES string of the molecule is O=c1c2nc([C@H]3CCO[C@@H](c4cnn(C5CC5)c4)C3)nc(-c3ccc(C(F)(F)F)cc3F)c2cnn1C1CC1. The van der Waals surface area contributed by atoms with Crippen molar-refractivity contribution in [3.05, 3.63) is 69.9 Å². The minimum atomic E-state index is -4.69. The number of rotatable bonds is 5. The van der Waals surface area contributed by atoms with Gasteiger partial charge in [-0.2, -0.15) is 23.4 Å². The second-order valence-corrected chi connectivity index (χ2v) is 10.6. The quantitative estimate of drug-likeness (QED) is 0.310. The van der Waals surface area contributed by atoms with Gasteiger partial charge in [0, 0.05) is 29.8 Å². The Morgan fingerprint density at radius 2 is 1.77 bits per heavy atom. The van der Waals surface area contributed by atoms with Gasteiger partial charge < -0.3 is 4.74 Å². The monoisotopic (exact) mass is 540 g/mol. The van der Waals surface area contributed by atoms with Gasteiger partial charge in [0.15, 0.2) is 0 Å². The molecule has 0 amide bonds. The number of nitrogens with zero attached hydrogens (tertiary/aromatic N) is 6. The number of alkyl halides is 3. The first-order chi connectivity index (χ1) is 18.8. The molecule has 4 aromatic rings. The van der Waals surface area contributed by atoms with Gasteiger partial charge in [-0.3, -0.25) is 9.48 Å². The predicted molar refractivity (Wildman–Crippen MR) is 131 cm³/mol. The Labute approximate surface area is 219 Å². The summed E-state index contributed by atoms with van der Waals surface area (Å²) >= 11 is 0. The van der Waals surface area contributed by atoms with Crippen molar-refractivity contribution in [1.82, 2.24) is 29.5 Å².